The summed E-state index contributed by atoms with van der Waals surface area (Å²) in [4.78, 5) is 39.0. The number of amides is 1. The second-order valence-electron chi connectivity index (χ2n) is 7.03. The van der Waals surface area contributed by atoms with Crippen molar-refractivity contribution in [2.75, 3.05) is 18.5 Å². The van der Waals surface area contributed by atoms with Crippen LogP contribution in [-0.2, 0) is 4.74 Å². The van der Waals surface area contributed by atoms with Gasteiger partial charge in [0.15, 0.2) is 5.69 Å². The van der Waals surface area contributed by atoms with E-state index in [1.807, 2.05) is 6.92 Å². The van der Waals surface area contributed by atoms with E-state index in [0.29, 0.717) is 34.0 Å². The van der Waals surface area contributed by atoms with Gasteiger partial charge < -0.3 is 14.8 Å². The third-order valence-electron chi connectivity index (χ3n) is 4.85. The fourth-order valence-corrected chi connectivity index (χ4v) is 4.49. The molecule has 0 aliphatic carbocycles. The summed E-state index contributed by atoms with van der Waals surface area (Å²) in [6.45, 7) is 4.25. The van der Waals surface area contributed by atoms with Crippen LogP contribution < -0.4 is 15.6 Å². The highest BCUT2D eigenvalue weighted by molar-refractivity contribution is 9.10. The number of rotatable bonds is 7. The molecule has 4 aromatic rings. The predicted octanol–water partition coefficient (Wildman–Crippen LogP) is 5.04. The molecule has 2 aromatic heterocycles. The predicted molar refractivity (Wildman–Crippen MR) is 134 cm³/mol. The smallest absolute Gasteiger partial charge is 0.359 e. The number of esters is 1. The van der Waals surface area contributed by atoms with E-state index in [1.165, 1.54) is 0 Å². The van der Waals surface area contributed by atoms with Gasteiger partial charge in [-0.15, -0.1) is 11.3 Å². The van der Waals surface area contributed by atoms with Gasteiger partial charge in [0.2, 0.25) is 0 Å². The summed E-state index contributed by atoms with van der Waals surface area (Å²) in [7, 11) is 0. The molecule has 0 radical (unpaired) electrons. The Balaban J connectivity index is 1.80. The van der Waals surface area contributed by atoms with E-state index in [9.17, 15) is 14.4 Å². The van der Waals surface area contributed by atoms with Crippen molar-refractivity contribution >= 4 is 54.9 Å². The van der Waals surface area contributed by atoms with E-state index in [1.54, 1.807) is 60.8 Å². The van der Waals surface area contributed by atoms with Crippen LogP contribution in [0.15, 0.2) is 63.2 Å². The van der Waals surface area contributed by atoms with Crippen LogP contribution >= 0.6 is 27.3 Å². The number of hydrogen-bond donors (Lipinski definition) is 1. The molecule has 2 heterocycles. The minimum Gasteiger partial charge on any atom is -0.494 e. The number of carbonyl (C=O) groups is 2. The lowest BCUT2D eigenvalue weighted by molar-refractivity contribution is 0.0520. The zero-order valence-corrected chi connectivity index (χ0v) is 20.7. The summed E-state index contributed by atoms with van der Waals surface area (Å²) in [5.74, 6) is -0.389. The zero-order valence-electron chi connectivity index (χ0n) is 18.3. The molecular weight excluding hydrogens is 522 g/mol. The van der Waals surface area contributed by atoms with Gasteiger partial charge in [-0.2, -0.15) is 9.78 Å². The highest BCUT2D eigenvalue weighted by Crippen LogP contribution is 2.31. The molecule has 0 aliphatic heterocycles. The third kappa shape index (κ3) is 4.73. The minimum atomic E-state index is -0.652. The maximum atomic E-state index is 13.4. The third-order valence-corrected chi connectivity index (χ3v) is 6.27. The first-order valence-corrected chi connectivity index (χ1v) is 12.1. The molecule has 0 bridgehead atoms. The molecule has 0 saturated carbocycles. The minimum absolute atomic E-state index is 0.00261. The van der Waals surface area contributed by atoms with Crippen molar-refractivity contribution in [1.82, 2.24) is 9.78 Å². The van der Waals surface area contributed by atoms with E-state index in [2.05, 4.69) is 26.3 Å². The van der Waals surface area contributed by atoms with E-state index in [0.717, 1.165) is 20.5 Å². The largest absolute Gasteiger partial charge is 0.494 e. The number of hydrogen-bond acceptors (Lipinski definition) is 7. The number of anilines is 1. The Morgan fingerprint density at radius 1 is 1.06 bits per heavy atom. The van der Waals surface area contributed by atoms with Gasteiger partial charge in [-0.25, -0.2) is 4.79 Å². The van der Waals surface area contributed by atoms with Crippen LogP contribution in [0.25, 0.3) is 16.5 Å². The van der Waals surface area contributed by atoms with Gasteiger partial charge in [-0.05, 0) is 62.4 Å². The fraction of sp³-hybridized carbons (Fsp3) is 0.167. The molecule has 174 valence electrons. The molecule has 10 heteroatoms. The van der Waals surface area contributed by atoms with Gasteiger partial charge in [0.05, 0.1) is 24.3 Å². The monoisotopic (exact) mass is 541 g/mol. The van der Waals surface area contributed by atoms with Crippen LogP contribution in [0.2, 0.25) is 0 Å². The first-order valence-electron chi connectivity index (χ1n) is 10.4. The van der Waals surface area contributed by atoms with Gasteiger partial charge in [0.1, 0.15) is 10.8 Å². The Labute approximate surface area is 207 Å². The number of fused-ring (bicyclic) bond motifs is 1. The second kappa shape index (κ2) is 10.2. The first kappa shape index (κ1) is 23.7. The molecule has 1 N–H and O–H groups in total. The Morgan fingerprint density at radius 2 is 1.76 bits per heavy atom. The van der Waals surface area contributed by atoms with E-state index in [-0.39, 0.29) is 17.7 Å². The number of thiophene rings is 1. The molecular formula is C24H20BrN3O5S. The molecule has 34 heavy (non-hydrogen) atoms. The van der Waals surface area contributed by atoms with Crippen molar-refractivity contribution in [1.29, 1.82) is 0 Å². The average Bonchev–Trinajstić information content (AvgIpc) is 3.25. The van der Waals surface area contributed by atoms with Crippen LogP contribution in [-0.4, -0.2) is 34.9 Å². The van der Waals surface area contributed by atoms with Crippen molar-refractivity contribution in [3.05, 3.63) is 80.0 Å². The summed E-state index contributed by atoms with van der Waals surface area (Å²) in [5.41, 5.74) is 0.402. The highest BCUT2D eigenvalue weighted by atomic mass is 79.9. The summed E-state index contributed by atoms with van der Waals surface area (Å²) in [5, 5.41) is 9.54. The molecule has 0 aliphatic rings. The number of benzene rings is 2. The topological polar surface area (TPSA) is 99.5 Å². The standard InChI is InChI=1S/C24H20BrN3O5S/c1-3-32-17-11-5-14(6-12-17)21(29)26-22-19-18(13-34-22)20(24(31)33-4-2)27-28(23(19)30)16-9-7-15(25)8-10-16/h5-13H,3-4H2,1-2H3,(H,26,29). The molecule has 0 fully saturated rings. The lowest BCUT2D eigenvalue weighted by Gasteiger charge is -2.10. The van der Waals surface area contributed by atoms with E-state index in [4.69, 9.17) is 9.47 Å². The van der Waals surface area contributed by atoms with Gasteiger partial charge in [-0.3, -0.25) is 9.59 Å². The fourth-order valence-electron chi connectivity index (χ4n) is 3.29. The summed E-state index contributed by atoms with van der Waals surface area (Å²) in [6.07, 6.45) is 0. The van der Waals surface area contributed by atoms with Crippen LogP contribution in [0, 0.1) is 0 Å². The lowest BCUT2D eigenvalue weighted by atomic mass is 10.2. The van der Waals surface area contributed by atoms with Gasteiger partial charge in [-0.1, -0.05) is 15.9 Å². The Hall–Kier alpha value is -3.50. The van der Waals surface area contributed by atoms with Crippen LogP contribution in [0.4, 0.5) is 5.00 Å². The second-order valence-corrected chi connectivity index (χ2v) is 8.82. The maximum Gasteiger partial charge on any atom is 0.359 e. The average molecular weight is 542 g/mol. The molecule has 0 saturated heterocycles. The molecule has 8 nitrogen and oxygen atoms in total. The van der Waals surface area contributed by atoms with Crippen molar-refractivity contribution in [3.8, 4) is 11.4 Å². The number of ether oxygens (including phenoxy) is 2. The van der Waals surface area contributed by atoms with Crippen LogP contribution in [0.3, 0.4) is 0 Å². The molecule has 0 unspecified atom stereocenters. The van der Waals surface area contributed by atoms with Gasteiger partial charge >= 0.3 is 5.97 Å². The first-order chi connectivity index (χ1) is 16.4. The van der Waals surface area contributed by atoms with Crippen molar-refractivity contribution in [3.63, 3.8) is 0 Å². The zero-order chi connectivity index (χ0) is 24.2. The number of halogens is 1. The Morgan fingerprint density at radius 3 is 2.41 bits per heavy atom. The molecule has 0 spiro atoms. The van der Waals surface area contributed by atoms with Gasteiger partial charge in [0.25, 0.3) is 11.5 Å². The van der Waals surface area contributed by atoms with Crippen molar-refractivity contribution in [2.24, 2.45) is 0 Å². The highest BCUT2D eigenvalue weighted by Gasteiger charge is 2.23. The summed E-state index contributed by atoms with van der Waals surface area (Å²) >= 11 is 4.51. The quantitative estimate of drug-likeness (QED) is 0.329. The molecule has 0 atom stereocenters. The number of nitrogens with one attached hydrogen (secondary N) is 1. The van der Waals surface area contributed by atoms with E-state index < -0.39 is 17.4 Å². The van der Waals surface area contributed by atoms with E-state index >= 15 is 0 Å². The number of nitrogens with zero attached hydrogens (tertiary/aromatic N) is 2. The Kier molecular flexibility index (Phi) is 7.09. The summed E-state index contributed by atoms with van der Waals surface area (Å²) < 4.78 is 12.5. The maximum absolute atomic E-state index is 13.4. The lowest BCUT2D eigenvalue weighted by Crippen LogP contribution is -2.25. The van der Waals surface area contributed by atoms with Crippen LogP contribution in [0.1, 0.15) is 34.7 Å². The molecule has 2 aromatic carbocycles. The number of carbonyl (C=O) groups excluding carboxylic acids is 2. The van der Waals surface area contributed by atoms with Crippen molar-refractivity contribution < 1.29 is 19.1 Å². The van der Waals surface area contributed by atoms with Gasteiger partial charge in [0, 0.05) is 20.8 Å². The normalized spacial score (nSPS) is 10.8. The van der Waals surface area contributed by atoms with Crippen molar-refractivity contribution in [2.45, 2.75) is 13.8 Å². The molecule has 1 amide bonds. The summed E-state index contributed by atoms with van der Waals surface area (Å²) in [6, 6.07) is 13.6. The van der Waals surface area contributed by atoms with Crippen LogP contribution in [0.5, 0.6) is 5.75 Å². The Bertz CT molecular complexity index is 1410. The number of aromatic nitrogens is 2. The molecule has 4 rings (SSSR count). The SMILES string of the molecule is CCOC(=O)c1nn(-c2ccc(Br)cc2)c(=O)c2c(NC(=O)c3ccc(OCC)cc3)scc12.